The average molecular weight is 305 g/mol. The summed E-state index contributed by atoms with van der Waals surface area (Å²) in [7, 11) is 1.84. The van der Waals surface area contributed by atoms with Gasteiger partial charge in [0, 0.05) is 18.8 Å². The van der Waals surface area contributed by atoms with Crippen LogP contribution in [0.25, 0.3) is 0 Å². The van der Waals surface area contributed by atoms with E-state index < -0.39 is 0 Å². The Morgan fingerprint density at radius 1 is 1.27 bits per heavy atom. The molecule has 1 aliphatic rings. The Morgan fingerprint density at radius 2 is 1.95 bits per heavy atom. The summed E-state index contributed by atoms with van der Waals surface area (Å²) in [5, 5.41) is 0. The zero-order valence-corrected chi connectivity index (χ0v) is 13.9. The summed E-state index contributed by atoms with van der Waals surface area (Å²) in [5.41, 5.74) is 1.17. The summed E-state index contributed by atoms with van der Waals surface area (Å²) in [4.78, 5) is 23.8. The molecular formula is C18H27NO3. The molecule has 0 radical (unpaired) electrons. The van der Waals surface area contributed by atoms with Gasteiger partial charge in [-0.15, -0.1) is 0 Å². The molecule has 1 atom stereocenters. The second-order valence-corrected chi connectivity index (χ2v) is 6.23. The summed E-state index contributed by atoms with van der Waals surface area (Å²) in [5.74, 6) is 0.831. The highest BCUT2D eigenvalue weighted by molar-refractivity contribution is 5.72. The van der Waals surface area contributed by atoms with Crippen LogP contribution in [0, 0.1) is 11.8 Å². The number of esters is 1. The minimum atomic E-state index is -0.0411. The summed E-state index contributed by atoms with van der Waals surface area (Å²) in [6.07, 6.45) is 4.99. The highest BCUT2D eigenvalue weighted by Gasteiger charge is 2.32. The Bertz CT molecular complexity index is 556. The molecule has 22 heavy (non-hydrogen) atoms. The molecule has 0 bridgehead atoms. The lowest BCUT2D eigenvalue weighted by Crippen LogP contribution is -2.30. The predicted molar refractivity (Wildman–Crippen MR) is 86.8 cm³/mol. The van der Waals surface area contributed by atoms with E-state index in [0.717, 1.165) is 37.8 Å². The van der Waals surface area contributed by atoms with Gasteiger partial charge in [0.2, 0.25) is 5.56 Å². The van der Waals surface area contributed by atoms with Crippen molar-refractivity contribution in [2.45, 2.75) is 51.9 Å². The number of carbonyl (C=O) groups excluding carboxylic acids is 1. The van der Waals surface area contributed by atoms with E-state index >= 15 is 0 Å². The molecule has 1 unspecified atom stereocenters. The molecule has 0 aliphatic heterocycles. The van der Waals surface area contributed by atoms with E-state index in [4.69, 9.17) is 4.74 Å². The van der Waals surface area contributed by atoms with Crippen LogP contribution in [0.5, 0.6) is 0 Å². The van der Waals surface area contributed by atoms with Crippen LogP contribution in [0.3, 0.4) is 0 Å². The van der Waals surface area contributed by atoms with Gasteiger partial charge < -0.3 is 9.30 Å². The quantitative estimate of drug-likeness (QED) is 0.785. The Hall–Kier alpha value is -1.58. The molecule has 0 aromatic carbocycles. The lowest BCUT2D eigenvalue weighted by molar-refractivity contribution is -0.150. The van der Waals surface area contributed by atoms with Gasteiger partial charge >= 0.3 is 5.97 Å². The number of hydrogen-bond donors (Lipinski definition) is 0. The van der Waals surface area contributed by atoms with Crippen LogP contribution in [0.1, 0.15) is 57.6 Å². The van der Waals surface area contributed by atoms with E-state index in [1.165, 1.54) is 0 Å². The summed E-state index contributed by atoms with van der Waals surface area (Å²) in [6.45, 7) is 4.38. The fourth-order valence-electron chi connectivity index (χ4n) is 3.75. The van der Waals surface area contributed by atoms with Crippen molar-refractivity contribution in [2.75, 3.05) is 6.61 Å². The van der Waals surface area contributed by atoms with Crippen LogP contribution < -0.4 is 5.56 Å². The maximum absolute atomic E-state index is 12.1. The molecule has 1 aromatic heterocycles. The average Bonchev–Trinajstić information content (AvgIpc) is 2.52. The number of hydrogen-bond acceptors (Lipinski definition) is 3. The van der Waals surface area contributed by atoms with Crippen molar-refractivity contribution < 1.29 is 9.53 Å². The molecule has 0 saturated heterocycles. The molecule has 2 rings (SSSR count). The third-order valence-corrected chi connectivity index (χ3v) is 5.01. The number of ether oxygens (including phenoxy) is 1. The first kappa shape index (κ1) is 16.8. The molecule has 1 aliphatic carbocycles. The minimum Gasteiger partial charge on any atom is -0.466 e. The number of carbonyl (C=O) groups is 1. The second kappa shape index (κ2) is 7.61. The predicted octanol–water partition coefficient (Wildman–Crippen LogP) is 3.25. The number of nitrogens with zero attached hydrogens (tertiary/aromatic N) is 1. The largest absolute Gasteiger partial charge is 0.466 e. The zero-order chi connectivity index (χ0) is 16.1. The van der Waals surface area contributed by atoms with Crippen LogP contribution in [0.4, 0.5) is 0 Å². The lowest BCUT2D eigenvalue weighted by Gasteiger charge is -2.33. The normalized spacial score (nSPS) is 23.0. The van der Waals surface area contributed by atoms with Gasteiger partial charge in [-0.05, 0) is 56.9 Å². The zero-order valence-electron chi connectivity index (χ0n) is 13.9. The first-order valence-electron chi connectivity index (χ1n) is 8.41. The molecule has 4 nitrogen and oxygen atoms in total. The number of rotatable bonds is 5. The highest BCUT2D eigenvalue weighted by Crippen LogP contribution is 2.39. The van der Waals surface area contributed by atoms with Gasteiger partial charge in [-0.3, -0.25) is 9.59 Å². The molecule has 1 fully saturated rings. The lowest BCUT2D eigenvalue weighted by atomic mass is 9.74. The third kappa shape index (κ3) is 3.60. The molecular weight excluding hydrogens is 278 g/mol. The van der Waals surface area contributed by atoms with E-state index in [2.05, 4.69) is 13.0 Å². The van der Waals surface area contributed by atoms with Gasteiger partial charge in [0.05, 0.1) is 12.5 Å². The fraction of sp³-hybridized carbons (Fsp3) is 0.667. The van der Waals surface area contributed by atoms with Crippen molar-refractivity contribution in [1.82, 2.24) is 4.57 Å². The topological polar surface area (TPSA) is 48.3 Å². The maximum Gasteiger partial charge on any atom is 0.309 e. The molecule has 122 valence electrons. The molecule has 0 amide bonds. The van der Waals surface area contributed by atoms with Gasteiger partial charge in [0.1, 0.15) is 0 Å². The van der Waals surface area contributed by atoms with Gasteiger partial charge in [-0.2, -0.15) is 0 Å². The maximum atomic E-state index is 12.1. The molecule has 1 saturated carbocycles. The Kier molecular flexibility index (Phi) is 5.81. The Morgan fingerprint density at radius 3 is 2.55 bits per heavy atom. The molecule has 0 N–H and O–H groups in total. The van der Waals surface area contributed by atoms with Crippen molar-refractivity contribution >= 4 is 5.97 Å². The second-order valence-electron chi connectivity index (χ2n) is 6.23. The van der Waals surface area contributed by atoms with Crippen LogP contribution in [0.2, 0.25) is 0 Å². The number of aromatic nitrogens is 1. The van der Waals surface area contributed by atoms with Crippen molar-refractivity contribution in [3.63, 3.8) is 0 Å². The third-order valence-electron chi connectivity index (χ3n) is 5.01. The van der Waals surface area contributed by atoms with Crippen molar-refractivity contribution in [3.8, 4) is 0 Å². The van der Waals surface area contributed by atoms with Crippen molar-refractivity contribution in [1.29, 1.82) is 0 Å². The Balaban J connectivity index is 2.02. The SMILES string of the molecule is CCOC(=O)C(CC)C1CCC(c2cccc(=O)n2C)CC1. The fourth-order valence-corrected chi connectivity index (χ4v) is 3.75. The first-order valence-corrected chi connectivity index (χ1v) is 8.41. The minimum absolute atomic E-state index is 0.0282. The molecule has 1 aromatic rings. The standard InChI is InChI=1S/C18H27NO3/c1-4-15(18(21)22-5-2)13-9-11-14(12-10-13)16-7-6-8-17(20)19(16)3/h6-8,13-15H,4-5,9-12H2,1-3H3. The molecule has 0 spiro atoms. The number of pyridine rings is 1. The Labute approximate surface area is 132 Å². The van der Waals surface area contributed by atoms with E-state index in [1.807, 2.05) is 20.0 Å². The van der Waals surface area contributed by atoms with Crippen molar-refractivity contribution in [3.05, 3.63) is 34.2 Å². The van der Waals surface area contributed by atoms with Crippen molar-refractivity contribution in [2.24, 2.45) is 18.9 Å². The van der Waals surface area contributed by atoms with Gasteiger partial charge in [-0.1, -0.05) is 13.0 Å². The molecule has 4 heteroatoms. The summed E-state index contributed by atoms with van der Waals surface area (Å²) in [6, 6.07) is 5.50. The van der Waals surface area contributed by atoms with Crippen LogP contribution in [-0.2, 0) is 16.6 Å². The van der Waals surface area contributed by atoms with E-state index in [9.17, 15) is 9.59 Å². The van der Waals surface area contributed by atoms with Gasteiger partial charge in [0.15, 0.2) is 0 Å². The van der Waals surface area contributed by atoms with Crippen LogP contribution in [0.15, 0.2) is 23.0 Å². The van der Waals surface area contributed by atoms with E-state index in [0.29, 0.717) is 18.4 Å². The highest BCUT2D eigenvalue weighted by atomic mass is 16.5. The summed E-state index contributed by atoms with van der Waals surface area (Å²) >= 11 is 0. The monoisotopic (exact) mass is 305 g/mol. The van der Waals surface area contributed by atoms with E-state index in [1.54, 1.807) is 10.6 Å². The van der Waals surface area contributed by atoms with Gasteiger partial charge in [-0.25, -0.2) is 0 Å². The van der Waals surface area contributed by atoms with Gasteiger partial charge in [0.25, 0.3) is 0 Å². The summed E-state index contributed by atoms with van der Waals surface area (Å²) < 4.78 is 6.97. The first-order chi connectivity index (χ1) is 10.6. The van der Waals surface area contributed by atoms with Crippen LogP contribution in [-0.4, -0.2) is 17.1 Å². The smallest absolute Gasteiger partial charge is 0.309 e. The van der Waals surface area contributed by atoms with E-state index in [-0.39, 0.29) is 17.4 Å². The molecule has 1 heterocycles. The van der Waals surface area contributed by atoms with Crippen LogP contribution >= 0.6 is 0 Å².